The molecule has 0 unspecified atom stereocenters. The van der Waals surface area contributed by atoms with Crippen LogP contribution in [0.15, 0.2) is 59.1 Å². The Morgan fingerprint density at radius 1 is 1.12 bits per heavy atom. The predicted octanol–water partition coefficient (Wildman–Crippen LogP) is 3.89. The smallest absolute Gasteiger partial charge is 0.276 e. The number of carbonyl (C=O) groups is 1. The third-order valence-corrected chi connectivity index (χ3v) is 7.58. The zero-order chi connectivity index (χ0) is 22.9. The summed E-state index contributed by atoms with van der Waals surface area (Å²) in [6.45, 7) is 0.288. The standard InChI is InChI=1S/C23H24ClN3O4S/c1-26(2)19-9-3-16(4-10-19)14-27(20-11-12-32(29,30)15-20)23(28)21-13-22(31-25-21)17-5-7-18(24)8-6-17/h3-10,13,20H,11-12,14-15H2,1-2H3/t20-/m0/s1. The molecule has 1 fully saturated rings. The van der Waals surface area contributed by atoms with Crippen molar-refractivity contribution in [3.63, 3.8) is 0 Å². The molecule has 4 rings (SSSR count). The van der Waals surface area contributed by atoms with Crippen LogP contribution in [0.5, 0.6) is 0 Å². The first kappa shape index (κ1) is 22.4. The molecule has 1 aromatic heterocycles. The number of carbonyl (C=O) groups excluding carboxylic acids is 1. The minimum Gasteiger partial charge on any atom is -0.378 e. The molecule has 1 aliphatic rings. The maximum absolute atomic E-state index is 13.4. The Kier molecular flexibility index (Phi) is 6.26. The third-order valence-electron chi connectivity index (χ3n) is 5.57. The van der Waals surface area contributed by atoms with Crippen LogP contribution in [0.25, 0.3) is 11.3 Å². The van der Waals surface area contributed by atoms with E-state index in [0.29, 0.717) is 17.2 Å². The number of nitrogens with zero attached hydrogens (tertiary/aromatic N) is 3. The molecular weight excluding hydrogens is 450 g/mol. The van der Waals surface area contributed by atoms with Gasteiger partial charge in [0.2, 0.25) is 0 Å². The number of aromatic nitrogens is 1. The first-order valence-corrected chi connectivity index (χ1v) is 12.4. The Morgan fingerprint density at radius 2 is 1.81 bits per heavy atom. The lowest BCUT2D eigenvalue weighted by Crippen LogP contribution is -2.40. The van der Waals surface area contributed by atoms with Crippen LogP contribution in [-0.2, 0) is 16.4 Å². The Hall–Kier alpha value is -2.84. The van der Waals surface area contributed by atoms with Gasteiger partial charge in [0, 0.05) is 49.0 Å². The second kappa shape index (κ2) is 8.96. The van der Waals surface area contributed by atoms with Crippen LogP contribution >= 0.6 is 11.6 Å². The van der Waals surface area contributed by atoms with Gasteiger partial charge >= 0.3 is 0 Å². The Bertz CT molecular complexity index is 1200. The lowest BCUT2D eigenvalue weighted by atomic mass is 10.1. The molecule has 0 aliphatic carbocycles. The maximum atomic E-state index is 13.4. The van der Waals surface area contributed by atoms with E-state index in [2.05, 4.69) is 5.16 Å². The van der Waals surface area contributed by atoms with E-state index in [4.69, 9.17) is 16.1 Å². The number of amides is 1. The van der Waals surface area contributed by atoms with Crippen molar-refractivity contribution in [1.29, 1.82) is 0 Å². The maximum Gasteiger partial charge on any atom is 0.276 e. The molecule has 2 heterocycles. The summed E-state index contributed by atoms with van der Waals surface area (Å²) in [7, 11) is 0.746. The Labute approximate surface area is 192 Å². The van der Waals surface area contributed by atoms with Crippen molar-refractivity contribution in [2.45, 2.75) is 19.0 Å². The van der Waals surface area contributed by atoms with E-state index in [1.54, 1.807) is 35.2 Å². The van der Waals surface area contributed by atoms with Crippen LogP contribution in [0, 0.1) is 0 Å². The number of sulfone groups is 1. The molecule has 9 heteroatoms. The molecule has 3 aromatic rings. The number of hydrogen-bond donors (Lipinski definition) is 0. The van der Waals surface area contributed by atoms with Crippen LogP contribution in [0.3, 0.4) is 0 Å². The van der Waals surface area contributed by atoms with Crippen LogP contribution in [0.2, 0.25) is 5.02 Å². The van der Waals surface area contributed by atoms with Gasteiger partial charge in [0.25, 0.3) is 5.91 Å². The van der Waals surface area contributed by atoms with Crippen molar-refractivity contribution >= 4 is 33.0 Å². The highest BCUT2D eigenvalue weighted by atomic mass is 35.5. The zero-order valence-corrected chi connectivity index (χ0v) is 19.4. The van der Waals surface area contributed by atoms with E-state index in [1.807, 2.05) is 43.3 Å². The summed E-state index contributed by atoms with van der Waals surface area (Å²) in [5.41, 5.74) is 2.84. The number of halogens is 1. The topological polar surface area (TPSA) is 83.7 Å². The van der Waals surface area contributed by atoms with E-state index in [1.165, 1.54) is 0 Å². The summed E-state index contributed by atoms with van der Waals surface area (Å²) in [5, 5.41) is 4.56. The molecule has 32 heavy (non-hydrogen) atoms. The zero-order valence-electron chi connectivity index (χ0n) is 17.9. The van der Waals surface area contributed by atoms with Gasteiger partial charge in [0.05, 0.1) is 11.5 Å². The van der Waals surface area contributed by atoms with Gasteiger partial charge in [-0.3, -0.25) is 4.79 Å². The average Bonchev–Trinajstić information content (AvgIpc) is 3.39. The fraction of sp³-hybridized carbons (Fsp3) is 0.304. The quantitative estimate of drug-likeness (QED) is 0.540. The highest BCUT2D eigenvalue weighted by molar-refractivity contribution is 7.91. The molecule has 0 radical (unpaired) electrons. The van der Waals surface area contributed by atoms with Gasteiger partial charge in [-0.15, -0.1) is 0 Å². The van der Waals surface area contributed by atoms with Gasteiger partial charge in [0.1, 0.15) is 0 Å². The van der Waals surface area contributed by atoms with Crippen LogP contribution in [0.4, 0.5) is 5.69 Å². The summed E-state index contributed by atoms with van der Waals surface area (Å²) < 4.78 is 29.6. The number of rotatable bonds is 6. The fourth-order valence-electron chi connectivity index (χ4n) is 3.76. The van der Waals surface area contributed by atoms with E-state index in [-0.39, 0.29) is 29.7 Å². The molecule has 1 atom stereocenters. The molecule has 168 valence electrons. The summed E-state index contributed by atoms with van der Waals surface area (Å²) in [6, 6.07) is 16.0. The summed E-state index contributed by atoms with van der Waals surface area (Å²) in [6.07, 6.45) is 0.408. The molecule has 1 amide bonds. The first-order valence-electron chi connectivity index (χ1n) is 10.2. The van der Waals surface area contributed by atoms with Gasteiger partial charge in [-0.1, -0.05) is 28.9 Å². The highest BCUT2D eigenvalue weighted by Crippen LogP contribution is 2.26. The molecule has 0 bridgehead atoms. The number of anilines is 1. The summed E-state index contributed by atoms with van der Waals surface area (Å²) in [5.74, 6) is 0.124. The monoisotopic (exact) mass is 473 g/mol. The van der Waals surface area contributed by atoms with Crippen LogP contribution in [0.1, 0.15) is 22.5 Å². The molecule has 1 aliphatic heterocycles. The number of hydrogen-bond acceptors (Lipinski definition) is 6. The van der Waals surface area contributed by atoms with Crippen LogP contribution < -0.4 is 4.90 Å². The first-order chi connectivity index (χ1) is 15.2. The molecule has 1 saturated heterocycles. The Balaban J connectivity index is 1.60. The normalized spacial score (nSPS) is 17.3. The highest BCUT2D eigenvalue weighted by Gasteiger charge is 2.36. The van der Waals surface area contributed by atoms with Crippen molar-refractivity contribution in [1.82, 2.24) is 10.1 Å². The van der Waals surface area contributed by atoms with E-state index in [9.17, 15) is 13.2 Å². The number of benzene rings is 2. The molecule has 2 aromatic carbocycles. The van der Waals surface area contributed by atoms with Crippen molar-refractivity contribution in [3.8, 4) is 11.3 Å². The van der Waals surface area contributed by atoms with Gasteiger partial charge in [-0.2, -0.15) is 0 Å². The summed E-state index contributed by atoms with van der Waals surface area (Å²) >= 11 is 5.94. The lowest BCUT2D eigenvalue weighted by molar-refractivity contribution is 0.0670. The van der Waals surface area contributed by atoms with E-state index >= 15 is 0 Å². The Morgan fingerprint density at radius 3 is 2.41 bits per heavy atom. The molecule has 0 N–H and O–H groups in total. The molecular formula is C23H24ClN3O4S. The minimum absolute atomic E-state index is 0.0452. The van der Waals surface area contributed by atoms with E-state index in [0.717, 1.165) is 16.8 Å². The second-order valence-electron chi connectivity index (χ2n) is 8.13. The van der Waals surface area contributed by atoms with Crippen molar-refractivity contribution in [2.75, 3.05) is 30.5 Å². The SMILES string of the molecule is CN(C)c1ccc(CN(C(=O)c2cc(-c3ccc(Cl)cc3)on2)[C@H]2CCS(=O)(=O)C2)cc1. The largest absolute Gasteiger partial charge is 0.378 e. The third kappa shape index (κ3) is 4.97. The van der Waals surface area contributed by atoms with Gasteiger partial charge in [-0.25, -0.2) is 8.42 Å². The predicted molar refractivity (Wildman–Crippen MR) is 125 cm³/mol. The van der Waals surface area contributed by atoms with Gasteiger partial charge in [-0.05, 0) is 48.4 Å². The van der Waals surface area contributed by atoms with Gasteiger partial charge < -0.3 is 14.3 Å². The van der Waals surface area contributed by atoms with E-state index < -0.39 is 15.9 Å². The van der Waals surface area contributed by atoms with Gasteiger partial charge in [0.15, 0.2) is 21.3 Å². The van der Waals surface area contributed by atoms with Crippen LogP contribution in [-0.4, -0.2) is 56.0 Å². The average molecular weight is 474 g/mol. The molecule has 0 saturated carbocycles. The fourth-order valence-corrected chi connectivity index (χ4v) is 5.61. The summed E-state index contributed by atoms with van der Waals surface area (Å²) in [4.78, 5) is 17.0. The minimum atomic E-state index is -3.17. The molecule has 7 nitrogen and oxygen atoms in total. The second-order valence-corrected chi connectivity index (χ2v) is 10.8. The van der Waals surface area contributed by atoms with Crippen molar-refractivity contribution in [3.05, 3.63) is 70.9 Å². The lowest BCUT2D eigenvalue weighted by Gasteiger charge is -2.27. The molecule has 0 spiro atoms. The van der Waals surface area contributed by atoms with Crippen molar-refractivity contribution in [2.24, 2.45) is 0 Å². The van der Waals surface area contributed by atoms with Crippen molar-refractivity contribution < 1.29 is 17.7 Å².